The molecular formula is C23H28Br2N2. The smallest absolute Gasteiger partial charge is 0.0846 e. The van der Waals surface area contributed by atoms with Crippen molar-refractivity contribution in [1.82, 2.24) is 4.90 Å². The number of halogens is 2. The fraction of sp³-hybridized carbons (Fsp3) is 0.435. The molecule has 0 spiro atoms. The first kappa shape index (κ1) is 22.1. The largest absolute Gasteiger partial charge is 0.299 e. The van der Waals surface area contributed by atoms with E-state index in [1.54, 1.807) is 0 Å². The summed E-state index contributed by atoms with van der Waals surface area (Å²) in [6.45, 7) is 9.48. The van der Waals surface area contributed by atoms with Crippen LogP contribution >= 0.6 is 31.9 Å². The Kier molecular flexibility index (Phi) is 8.54. The van der Waals surface area contributed by atoms with Gasteiger partial charge in [0.25, 0.3) is 0 Å². The molecule has 144 valence electrons. The maximum Gasteiger partial charge on any atom is 0.0846 e. The molecule has 1 unspecified atom stereocenters. The Morgan fingerprint density at radius 3 is 2.33 bits per heavy atom. The third-order valence-corrected chi connectivity index (χ3v) is 7.24. The van der Waals surface area contributed by atoms with Crippen LogP contribution < -0.4 is 0 Å². The summed E-state index contributed by atoms with van der Waals surface area (Å²) in [6.07, 6.45) is 1.86. The molecule has 0 amide bonds. The molecule has 0 saturated carbocycles. The molecule has 0 bridgehead atoms. The number of hydrogen-bond donors (Lipinski definition) is 0. The van der Waals surface area contributed by atoms with Crippen molar-refractivity contribution in [3.05, 3.63) is 68.6 Å². The minimum Gasteiger partial charge on any atom is -0.299 e. The lowest BCUT2D eigenvalue weighted by Crippen LogP contribution is -2.33. The van der Waals surface area contributed by atoms with Crippen molar-refractivity contribution in [2.75, 3.05) is 13.1 Å². The minimum atomic E-state index is -0.463. The molecule has 2 rings (SSSR count). The molecule has 0 saturated heterocycles. The van der Waals surface area contributed by atoms with Gasteiger partial charge >= 0.3 is 0 Å². The summed E-state index contributed by atoms with van der Waals surface area (Å²) in [7, 11) is 0. The molecule has 0 radical (unpaired) electrons. The summed E-state index contributed by atoms with van der Waals surface area (Å²) in [5.41, 5.74) is 1.97. The second-order valence-electron chi connectivity index (χ2n) is 7.32. The number of rotatable bonds is 9. The molecule has 0 fully saturated rings. The van der Waals surface area contributed by atoms with Gasteiger partial charge in [-0.3, -0.25) is 4.90 Å². The van der Waals surface area contributed by atoms with Crippen LogP contribution in [0, 0.1) is 17.2 Å². The fourth-order valence-corrected chi connectivity index (χ4v) is 4.19. The monoisotopic (exact) mass is 490 g/mol. The Morgan fingerprint density at radius 1 is 1.07 bits per heavy atom. The predicted molar refractivity (Wildman–Crippen MR) is 121 cm³/mol. The van der Waals surface area contributed by atoms with Gasteiger partial charge in [-0.25, -0.2) is 0 Å². The second kappa shape index (κ2) is 10.4. The van der Waals surface area contributed by atoms with E-state index in [2.05, 4.69) is 106 Å². The van der Waals surface area contributed by atoms with E-state index in [0.717, 1.165) is 47.0 Å². The van der Waals surface area contributed by atoms with E-state index in [1.807, 2.05) is 6.07 Å². The number of hydrogen-bond acceptors (Lipinski definition) is 2. The van der Waals surface area contributed by atoms with Crippen LogP contribution in [0.5, 0.6) is 0 Å². The highest BCUT2D eigenvalue weighted by Gasteiger charge is 2.36. The summed E-state index contributed by atoms with van der Waals surface area (Å²) >= 11 is 7.12. The van der Waals surface area contributed by atoms with Crippen LogP contribution in [0.1, 0.15) is 44.7 Å². The molecule has 2 nitrogen and oxygen atoms in total. The third-order valence-electron chi connectivity index (χ3n) is 5.36. The average molecular weight is 492 g/mol. The maximum atomic E-state index is 10.1. The zero-order valence-electron chi connectivity index (χ0n) is 16.4. The highest BCUT2D eigenvalue weighted by molar-refractivity contribution is 9.13. The molecule has 0 aromatic heterocycles. The molecule has 27 heavy (non-hydrogen) atoms. The minimum absolute atomic E-state index is 0.250. The molecule has 0 heterocycles. The van der Waals surface area contributed by atoms with Gasteiger partial charge in [0.1, 0.15) is 0 Å². The van der Waals surface area contributed by atoms with Crippen LogP contribution in [0.15, 0.2) is 57.5 Å². The van der Waals surface area contributed by atoms with Gasteiger partial charge in [-0.2, -0.15) is 5.26 Å². The molecule has 0 aliphatic rings. The Labute approximate surface area is 180 Å². The number of benzene rings is 2. The summed E-state index contributed by atoms with van der Waals surface area (Å²) in [5, 5.41) is 10.1. The van der Waals surface area contributed by atoms with E-state index in [1.165, 1.54) is 5.56 Å². The van der Waals surface area contributed by atoms with Crippen LogP contribution in [0.25, 0.3) is 0 Å². The Bertz CT molecular complexity index is 768. The van der Waals surface area contributed by atoms with E-state index in [4.69, 9.17) is 0 Å². The van der Waals surface area contributed by atoms with Gasteiger partial charge in [0.2, 0.25) is 0 Å². The van der Waals surface area contributed by atoms with Crippen LogP contribution in [-0.4, -0.2) is 18.0 Å². The first-order valence-electron chi connectivity index (χ1n) is 9.56. The van der Waals surface area contributed by atoms with Crippen LogP contribution in [0.3, 0.4) is 0 Å². The second-order valence-corrected chi connectivity index (χ2v) is 9.03. The Morgan fingerprint density at radius 2 is 1.78 bits per heavy atom. The zero-order valence-corrected chi connectivity index (χ0v) is 19.6. The van der Waals surface area contributed by atoms with Crippen molar-refractivity contribution < 1.29 is 0 Å². The highest BCUT2D eigenvalue weighted by atomic mass is 79.9. The molecule has 2 aromatic carbocycles. The number of nitriles is 1. The Hall–Kier alpha value is -1.15. The fourth-order valence-electron chi connectivity index (χ4n) is 3.56. The Balaban J connectivity index is 2.10. The van der Waals surface area contributed by atoms with E-state index in [-0.39, 0.29) is 5.92 Å². The van der Waals surface area contributed by atoms with Gasteiger partial charge in [0, 0.05) is 15.5 Å². The third kappa shape index (κ3) is 5.67. The molecular weight excluding hydrogens is 464 g/mol. The molecule has 0 N–H and O–H groups in total. The van der Waals surface area contributed by atoms with Crippen molar-refractivity contribution in [3.63, 3.8) is 0 Å². The van der Waals surface area contributed by atoms with Crippen LogP contribution in [-0.2, 0) is 12.0 Å². The van der Waals surface area contributed by atoms with Crippen molar-refractivity contribution in [3.8, 4) is 6.07 Å². The molecule has 0 aliphatic heterocycles. The normalized spacial score (nSPS) is 13.6. The van der Waals surface area contributed by atoms with E-state index in [0.29, 0.717) is 0 Å². The van der Waals surface area contributed by atoms with Gasteiger partial charge in [0.05, 0.1) is 11.5 Å². The topological polar surface area (TPSA) is 27.0 Å². The summed E-state index contributed by atoms with van der Waals surface area (Å²) in [6, 6.07) is 19.5. The lowest BCUT2D eigenvalue weighted by molar-refractivity contribution is 0.255. The SMILES string of the molecule is CCN(CCCC(C#N)(c1ccc(Br)c(Br)c1)C(C)C)Cc1ccccc1. The van der Waals surface area contributed by atoms with E-state index >= 15 is 0 Å². The molecule has 1 atom stereocenters. The van der Waals surface area contributed by atoms with Crippen LogP contribution in [0.4, 0.5) is 0 Å². The summed E-state index contributed by atoms with van der Waals surface area (Å²) < 4.78 is 2.02. The summed E-state index contributed by atoms with van der Waals surface area (Å²) in [4.78, 5) is 2.45. The van der Waals surface area contributed by atoms with Gasteiger partial charge in [-0.05, 0) is 87.0 Å². The average Bonchev–Trinajstić information content (AvgIpc) is 2.67. The molecule has 2 aromatic rings. The van der Waals surface area contributed by atoms with Gasteiger partial charge in [-0.1, -0.05) is 57.2 Å². The lowest BCUT2D eigenvalue weighted by atomic mass is 9.70. The van der Waals surface area contributed by atoms with Crippen molar-refractivity contribution >= 4 is 31.9 Å². The van der Waals surface area contributed by atoms with Gasteiger partial charge in [-0.15, -0.1) is 0 Å². The first-order valence-corrected chi connectivity index (χ1v) is 11.1. The zero-order chi connectivity index (χ0) is 19.9. The predicted octanol–water partition coefficient (Wildman–Crippen LogP) is 6.93. The summed E-state index contributed by atoms with van der Waals surface area (Å²) in [5.74, 6) is 0.250. The maximum absolute atomic E-state index is 10.1. The number of nitrogens with zero attached hydrogens (tertiary/aromatic N) is 2. The van der Waals surface area contributed by atoms with Gasteiger partial charge in [0.15, 0.2) is 0 Å². The van der Waals surface area contributed by atoms with E-state index in [9.17, 15) is 5.26 Å². The highest BCUT2D eigenvalue weighted by Crippen LogP contribution is 2.39. The quantitative estimate of drug-likeness (QED) is 0.380. The molecule has 4 heteroatoms. The lowest BCUT2D eigenvalue weighted by Gasteiger charge is -2.32. The first-order chi connectivity index (χ1) is 12.9. The van der Waals surface area contributed by atoms with Crippen molar-refractivity contribution in [1.29, 1.82) is 5.26 Å². The van der Waals surface area contributed by atoms with Gasteiger partial charge < -0.3 is 0 Å². The van der Waals surface area contributed by atoms with Crippen molar-refractivity contribution in [2.45, 2.75) is 45.6 Å². The van der Waals surface area contributed by atoms with Crippen molar-refractivity contribution in [2.24, 2.45) is 5.92 Å². The van der Waals surface area contributed by atoms with E-state index < -0.39 is 5.41 Å². The van der Waals surface area contributed by atoms with Crippen LogP contribution in [0.2, 0.25) is 0 Å². The standard InChI is InChI=1S/C23H28Br2N2/c1-4-27(16-19-9-6-5-7-10-19)14-8-13-23(17-26,18(2)3)20-11-12-21(24)22(25)15-20/h5-7,9-12,15,18H,4,8,13-14,16H2,1-3H3. The molecule has 0 aliphatic carbocycles.